The zero-order valence-electron chi connectivity index (χ0n) is 18.1. The Morgan fingerprint density at radius 2 is 1.97 bits per heavy atom. The molecule has 0 bridgehead atoms. The summed E-state index contributed by atoms with van der Waals surface area (Å²) in [7, 11) is -3.78. The molecule has 0 radical (unpaired) electrons. The van der Waals surface area contributed by atoms with Crippen molar-refractivity contribution in [3.05, 3.63) is 58.7 Å². The number of nitrogens with zero attached hydrogens (tertiary/aromatic N) is 3. The van der Waals surface area contributed by atoms with Gasteiger partial charge in [0.2, 0.25) is 15.9 Å². The van der Waals surface area contributed by atoms with E-state index in [1.807, 2.05) is 43.5 Å². The van der Waals surface area contributed by atoms with Gasteiger partial charge in [-0.25, -0.2) is 18.1 Å². The van der Waals surface area contributed by atoms with Gasteiger partial charge in [-0.05, 0) is 31.0 Å². The topological polar surface area (TPSA) is 93.5 Å². The van der Waals surface area contributed by atoms with Crippen LogP contribution < -0.4 is 4.72 Å². The third-order valence-corrected chi connectivity index (χ3v) is 7.75. The number of carbonyl (C=O) groups is 1. The van der Waals surface area contributed by atoms with E-state index in [9.17, 15) is 13.2 Å². The van der Waals surface area contributed by atoms with Gasteiger partial charge in [0.05, 0.1) is 18.9 Å². The van der Waals surface area contributed by atoms with Crippen molar-refractivity contribution in [1.29, 1.82) is 0 Å². The van der Waals surface area contributed by atoms with Crippen LogP contribution >= 0.6 is 11.3 Å². The van der Waals surface area contributed by atoms with Gasteiger partial charge in [0.25, 0.3) is 0 Å². The molecule has 0 aliphatic carbocycles. The number of ether oxygens (including phenoxy) is 1. The van der Waals surface area contributed by atoms with E-state index < -0.39 is 10.0 Å². The van der Waals surface area contributed by atoms with Gasteiger partial charge >= 0.3 is 0 Å². The van der Waals surface area contributed by atoms with Crippen LogP contribution in [-0.2, 0) is 32.6 Å². The molecule has 1 fully saturated rings. The summed E-state index contributed by atoms with van der Waals surface area (Å²) in [6.07, 6.45) is 1.52. The lowest BCUT2D eigenvalue weighted by molar-refractivity contribution is -0.135. The van der Waals surface area contributed by atoms with E-state index in [-0.39, 0.29) is 23.9 Å². The van der Waals surface area contributed by atoms with Crippen molar-refractivity contribution in [2.75, 3.05) is 26.3 Å². The minimum absolute atomic E-state index is 0.0429. The minimum Gasteiger partial charge on any atom is -0.378 e. The Kier molecular flexibility index (Phi) is 6.75. The first-order valence-electron chi connectivity index (χ1n) is 10.4. The number of hydrogen-bond acceptors (Lipinski definition) is 6. The fourth-order valence-electron chi connectivity index (χ4n) is 3.54. The summed E-state index contributed by atoms with van der Waals surface area (Å²) in [5.41, 5.74) is 3.39. The average molecular weight is 475 g/mol. The maximum atomic E-state index is 13.1. The highest BCUT2D eigenvalue weighted by atomic mass is 32.2. The smallest absolute Gasteiger partial charge is 0.242 e. The van der Waals surface area contributed by atoms with Gasteiger partial charge in [-0.3, -0.25) is 4.79 Å². The van der Waals surface area contributed by atoms with Crippen molar-refractivity contribution >= 4 is 27.3 Å². The maximum absolute atomic E-state index is 13.1. The van der Waals surface area contributed by atoms with Crippen LogP contribution in [0.3, 0.4) is 0 Å². The normalized spacial score (nSPS) is 14.6. The summed E-state index contributed by atoms with van der Waals surface area (Å²) in [6.45, 7) is 6.16. The lowest BCUT2D eigenvalue weighted by Gasteiger charge is -2.27. The Morgan fingerprint density at radius 1 is 1.22 bits per heavy atom. The van der Waals surface area contributed by atoms with Gasteiger partial charge < -0.3 is 14.2 Å². The molecule has 32 heavy (non-hydrogen) atoms. The van der Waals surface area contributed by atoms with Crippen molar-refractivity contribution in [1.82, 2.24) is 19.2 Å². The fraction of sp³-hybridized carbons (Fsp3) is 0.364. The van der Waals surface area contributed by atoms with E-state index in [0.717, 1.165) is 16.8 Å². The Balaban J connectivity index is 1.60. The number of hydrogen-bond donors (Lipinski definition) is 1. The molecule has 3 aromatic rings. The van der Waals surface area contributed by atoms with Gasteiger partial charge in [0, 0.05) is 36.9 Å². The summed E-state index contributed by atoms with van der Waals surface area (Å²) < 4.78 is 35.8. The molecule has 8 nitrogen and oxygen atoms in total. The third kappa shape index (κ3) is 5.09. The average Bonchev–Trinajstić information content (AvgIpc) is 3.40. The SMILES string of the molecule is Cc1csc(-c2cc(S(=O)(=O)NCc3ccccc3C)cn2CC(=O)N2CCOCC2)n1. The van der Waals surface area contributed by atoms with E-state index in [1.165, 1.54) is 17.5 Å². The quantitative estimate of drug-likeness (QED) is 0.568. The molecule has 0 unspecified atom stereocenters. The lowest BCUT2D eigenvalue weighted by Crippen LogP contribution is -2.42. The second-order valence-electron chi connectivity index (χ2n) is 7.73. The van der Waals surface area contributed by atoms with Crippen LogP contribution in [0.25, 0.3) is 10.7 Å². The molecule has 1 aliphatic rings. The monoisotopic (exact) mass is 474 g/mol. The van der Waals surface area contributed by atoms with Crippen LogP contribution in [0.2, 0.25) is 0 Å². The molecule has 1 aliphatic heterocycles. The molecule has 0 saturated carbocycles. The van der Waals surface area contributed by atoms with Gasteiger partial charge in [-0.1, -0.05) is 24.3 Å². The molecular formula is C22H26N4O4S2. The Bertz CT molecular complexity index is 1210. The Hall–Kier alpha value is -2.53. The molecule has 1 aromatic carbocycles. The van der Waals surface area contributed by atoms with Gasteiger partial charge in [0.15, 0.2) is 0 Å². The van der Waals surface area contributed by atoms with E-state index in [2.05, 4.69) is 9.71 Å². The van der Waals surface area contributed by atoms with Crippen LogP contribution in [0, 0.1) is 13.8 Å². The summed E-state index contributed by atoms with van der Waals surface area (Å²) in [5, 5.41) is 2.58. The molecular weight excluding hydrogens is 448 g/mol. The van der Waals surface area contributed by atoms with Crippen molar-refractivity contribution in [3.63, 3.8) is 0 Å². The number of carbonyl (C=O) groups excluding carboxylic acids is 1. The van der Waals surface area contributed by atoms with Crippen molar-refractivity contribution in [2.45, 2.75) is 31.8 Å². The van der Waals surface area contributed by atoms with Gasteiger partial charge in [-0.2, -0.15) is 0 Å². The lowest BCUT2D eigenvalue weighted by atomic mass is 10.1. The van der Waals surface area contributed by atoms with E-state index in [1.54, 1.807) is 15.5 Å². The second kappa shape index (κ2) is 9.53. The summed E-state index contributed by atoms with van der Waals surface area (Å²) in [5.74, 6) is -0.0738. The summed E-state index contributed by atoms with van der Waals surface area (Å²) in [6, 6.07) is 9.23. The predicted octanol–water partition coefficient (Wildman–Crippen LogP) is 2.57. The molecule has 2 aromatic heterocycles. The fourth-order valence-corrected chi connectivity index (χ4v) is 5.41. The number of amides is 1. The number of benzene rings is 1. The van der Waals surface area contributed by atoms with Gasteiger partial charge in [-0.15, -0.1) is 11.3 Å². The Morgan fingerprint density at radius 3 is 2.66 bits per heavy atom. The van der Waals surface area contributed by atoms with Crippen LogP contribution in [-0.4, -0.2) is 55.1 Å². The summed E-state index contributed by atoms with van der Waals surface area (Å²) in [4.78, 5) is 19.2. The Labute approximate surface area is 191 Å². The first kappa shape index (κ1) is 22.7. The van der Waals surface area contributed by atoms with E-state index in [4.69, 9.17) is 4.74 Å². The van der Waals surface area contributed by atoms with Crippen molar-refractivity contribution in [2.24, 2.45) is 0 Å². The molecule has 170 valence electrons. The molecule has 10 heteroatoms. The third-order valence-electron chi connectivity index (χ3n) is 5.40. The zero-order chi connectivity index (χ0) is 22.7. The highest BCUT2D eigenvalue weighted by Crippen LogP contribution is 2.28. The highest BCUT2D eigenvalue weighted by Gasteiger charge is 2.24. The van der Waals surface area contributed by atoms with Crippen molar-refractivity contribution in [3.8, 4) is 10.7 Å². The molecule has 4 rings (SSSR count). The number of thiazole rings is 1. The van der Waals surface area contributed by atoms with Crippen LogP contribution in [0.5, 0.6) is 0 Å². The number of sulfonamides is 1. The zero-order valence-corrected chi connectivity index (χ0v) is 19.7. The van der Waals surface area contributed by atoms with Crippen LogP contribution in [0.1, 0.15) is 16.8 Å². The first-order chi connectivity index (χ1) is 15.3. The molecule has 0 atom stereocenters. The molecule has 1 amide bonds. The summed E-state index contributed by atoms with van der Waals surface area (Å²) >= 11 is 1.42. The minimum atomic E-state index is -3.78. The molecule has 1 saturated heterocycles. The van der Waals surface area contributed by atoms with Crippen LogP contribution in [0.4, 0.5) is 0 Å². The molecule has 0 spiro atoms. The first-order valence-corrected chi connectivity index (χ1v) is 12.7. The second-order valence-corrected chi connectivity index (χ2v) is 10.4. The van der Waals surface area contributed by atoms with Gasteiger partial charge in [0.1, 0.15) is 16.4 Å². The largest absolute Gasteiger partial charge is 0.378 e. The molecule has 1 N–H and O–H groups in total. The predicted molar refractivity (Wildman–Crippen MR) is 123 cm³/mol. The standard InChI is InChI=1S/C22H26N4O4S2/c1-16-5-3-4-6-18(16)12-23-32(28,29)19-11-20(22-24-17(2)15-31-22)26(13-19)14-21(27)25-7-9-30-10-8-25/h3-6,11,13,15,23H,7-10,12,14H2,1-2H3. The molecule has 3 heterocycles. The van der Waals surface area contributed by atoms with Crippen molar-refractivity contribution < 1.29 is 17.9 Å². The maximum Gasteiger partial charge on any atom is 0.242 e. The number of morpholine rings is 1. The number of aromatic nitrogens is 2. The number of aryl methyl sites for hydroxylation is 2. The van der Waals surface area contributed by atoms with E-state index >= 15 is 0 Å². The number of rotatable bonds is 7. The number of nitrogens with one attached hydrogen (secondary N) is 1. The van der Waals surface area contributed by atoms with E-state index in [0.29, 0.717) is 37.0 Å². The highest BCUT2D eigenvalue weighted by molar-refractivity contribution is 7.89. The van der Waals surface area contributed by atoms with Crippen LogP contribution in [0.15, 0.2) is 46.8 Å².